The molecule has 0 aromatic rings. The number of carbonyl (C=O) groups is 1. The highest BCUT2D eigenvalue weighted by Gasteiger charge is 2.40. The molecule has 3 atom stereocenters. The molecule has 0 aromatic carbocycles. The number of hydrogen-bond donors (Lipinski definition) is 1. The highest BCUT2D eigenvalue weighted by Crippen LogP contribution is 2.37. The van der Waals surface area contributed by atoms with Crippen molar-refractivity contribution in [3.05, 3.63) is 0 Å². The normalized spacial score (nSPS) is 35.7. The number of nitrogens with zero attached hydrogens (tertiary/aromatic N) is 1. The molecule has 0 spiro atoms. The minimum absolute atomic E-state index is 0.121. The van der Waals surface area contributed by atoms with E-state index in [0.717, 1.165) is 12.5 Å². The fraction of sp³-hybridized carbons (Fsp3) is 0.889. The van der Waals surface area contributed by atoms with E-state index < -0.39 is 0 Å². The summed E-state index contributed by atoms with van der Waals surface area (Å²) in [4.78, 5) is 13.6. The van der Waals surface area contributed by atoms with Crippen LogP contribution in [0.25, 0.3) is 0 Å². The lowest BCUT2D eigenvalue weighted by atomic mass is 10.1. The van der Waals surface area contributed by atoms with Crippen LogP contribution in [0, 0.1) is 5.92 Å². The Kier molecular flexibility index (Phi) is 2.07. The Morgan fingerprint density at radius 3 is 2.75 bits per heavy atom. The van der Waals surface area contributed by atoms with Crippen LogP contribution in [0.5, 0.6) is 0 Å². The standard InChI is InChI=1S/C9H15NOS/c1-6(12)9(11)10-5-7-2-3-8(10)4-7/h6-8,12H,2-5H2,1H3. The molecule has 0 N–H and O–H groups in total. The van der Waals surface area contributed by atoms with Crippen LogP contribution in [0.4, 0.5) is 0 Å². The van der Waals surface area contributed by atoms with E-state index in [4.69, 9.17) is 0 Å². The summed E-state index contributed by atoms with van der Waals surface area (Å²) in [6.45, 7) is 2.85. The van der Waals surface area contributed by atoms with Gasteiger partial charge in [-0.15, -0.1) is 0 Å². The minimum Gasteiger partial charge on any atom is -0.338 e. The Morgan fingerprint density at radius 1 is 1.58 bits per heavy atom. The van der Waals surface area contributed by atoms with Crippen molar-refractivity contribution in [2.24, 2.45) is 5.92 Å². The third-order valence-corrected chi connectivity index (χ3v) is 3.27. The van der Waals surface area contributed by atoms with Gasteiger partial charge in [-0.25, -0.2) is 0 Å². The molecule has 1 aliphatic carbocycles. The molecule has 1 saturated heterocycles. The lowest BCUT2D eigenvalue weighted by Crippen LogP contribution is -2.41. The van der Waals surface area contributed by atoms with Crippen LogP contribution in [-0.4, -0.2) is 28.6 Å². The van der Waals surface area contributed by atoms with Crippen LogP contribution < -0.4 is 0 Å². The second-order valence-electron chi connectivity index (χ2n) is 4.00. The second kappa shape index (κ2) is 2.95. The first kappa shape index (κ1) is 8.42. The molecule has 2 aliphatic rings. The number of fused-ring (bicyclic) bond motifs is 2. The van der Waals surface area contributed by atoms with Crippen molar-refractivity contribution >= 4 is 18.5 Å². The molecular formula is C9H15NOS. The molecule has 2 nitrogen and oxygen atoms in total. The van der Waals surface area contributed by atoms with E-state index in [1.165, 1.54) is 19.3 Å². The Hall–Kier alpha value is -0.180. The second-order valence-corrected chi connectivity index (χ2v) is 4.77. The number of piperidine rings is 1. The van der Waals surface area contributed by atoms with Gasteiger partial charge in [0.25, 0.3) is 0 Å². The van der Waals surface area contributed by atoms with E-state index in [9.17, 15) is 4.79 Å². The van der Waals surface area contributed by atoms with Crippen molar-refractivity contribution < 1.29 is 4.79 Å². The fourth-order valence-electron chi connectivity index (χ4n) is 2.43. The number of amides is 1. The summed E-state index contributed by atoms with van der Waals surface area (Å²) in [5, 5.41) is -0.121. The molecule has 68 valence electrons. The molecule has 1 heterocycles. The summed E-state index contributed by atoms with van der Waals surface area (Å²) in [6, 6.07) is 0.553. The number of hydrogen-bond acceptors (Lipinski definition) is 2. The van der Waals surface area contributed by atoms with Crippen LogP contribution in [0.2, 0.25) is 0 Å². The van der Waals surface area contributed by atoms with Gasteiger partial charge in [-0.2, -0.15) is 12.6 Å². The van der Waals surface area contributed by atoms with E-state index in [2.05, 4.69) is 12.6 Å². The first-order valence-electron chi connectivity index (χ1n) is 4.67. The molecule has 2 fully saturated rings. The molecule has 3 unspecified atom stereocenters. The van der Waals surface area contributed by atoms with Crippen LogP contribution >= 0.6 is 12.6 Å². The third-order valence-electron chi connectivity index (χ3n) is 3.05. The SMILES string of the molecule is CC(S)C(=O)N1CC2CCC1C2. The average molecular weight is 185 g/mol. The van der Waals surface area contributed by atoms with Gasteiger partial charge in [-0.1, -0.05) is 0 Å². The molecule has 2 rings (SSSR count). The Morgan fingerprint density at radius 2 is 2.33 bits per heavy atom. The van der Waals surface area contributed by atoms with E-state index in [1.54, 1.807) is 0 Å². The highest BCUT2D eigenvalue weighted by molar-refractivity contribution is 7.81. The predicted molar refractivity (Wildman–Crippen MR) is 51.3 cm³/mol. The molecule has 1 aliphatic heterocycles. The van der Waals surface area contributed by atoms with Gasteiger partial charge in [-0.05, 0) is 32.1 Å². The zero-order valence-electron chi connectivity index (χ0n) is 7.36. The van der Waals surface area contributed by atoms with Gasteiger partial charge in [0.1, 0.15) is 0 Å². The van der Waals surface area contributed by atoms with Crippen LogP contribution in [-0.2, 0) is 4.79 Å². The van der Waals surface area contributed by atoms with Gasteiger partial charge in [0.15, 0.2) is 0 Å². The zero-order valence-corrected chi connectivity index (χ0v) is 8.26. The van der Waals surface area contributed by atoms with Crippen LogP contribution in [0.3, 0.4) is 0 Å². The van der Waals surface area contributed by atoms with E-state index in [1.807, 2.05) is 11.8 Å². The topological polar surface area (TPSA) is 20.3 Å². The van der Waals surface area contributed by atoms with Crippen molar-refractivity contribution in [3.8, 4) is 0 Å². The maximum Gasteiger partial charge on any atom is 0.235 e. The first-order valence-corrected chi connectivity index (χ1v) is 5.18. The molecule has 12 heavy (non-hydrogen) atoms. The maximum atomic E-state index is 11.6. The van der Waals surface area contributed by atoms with Gasteiger partial charge in [0, 0.05) is 12.6 Å². The van der Waals surface area contributed by atoms with Crippen molar-refractivity contribution in [2.75, 3.05) is 6.54 Å². The van der Waals surface area contributed by atoms with Gasteiger partial charge in [0.2, 0.25) is 5.91 Å². The maximum absolute atomic E-state index is 11.6. The monoisotopic (exact) mass is 185 g/mol. The molecule has 1 amide bonds. The quantitative estimate of drug-likeness (QED) is 0.611. The summed E-state index contributed by atoms with van der Waals surface area (Å²) in [5.41, 5.74) is 0. The molecule has 0 radical (unpaired) electrons. The predicted octanol–water partition coefficient (Wildman–Crippen LogP) is 1.32. The summed E-state index contributed by atoms with van der Waals surface area (Å²) >= 11 is 4.17. The van der Waals surface area contributed by atoms with Crippen molar-refractivity contribution in [1.29, 1.82) is 0 Å². The Bertz CT molecular complexity index is 205. The van der Waals surface area contributed by atoms with Crippen molar-refractivity contribution in [1.82, 2.24) is 4.90 Å². The number of likely N-dealkylation sites (tertiary alicyclic amines) is 1. The molecular weight excluding hydrogens is 170 g/mol. The summed E-state index contributed by atoms with van der Waals surface area (Å²) in [5.74, 6) is 1.02. The van der Waals surface area contributed by atoms with E-state index in [0.29, 0.717) is 6.04 Å². The highest BCUT2D eigenvalue weighted by atomic mass is 32.1. The number of thiol groups is 1. The molecule has 0 aromatic heterocycles. The van der Waals surface area contributed by atoms with Crippen molar-refractivity contribution in [3.63, 3.8) is 0 Å². The fourth-order valence-corrected chi connectivity index (χ4v) is 2.58. The Balaban J connectivity index is 2.02. The van der Waals surface area contributed by atoms with E-state index in [-0.39, 0.29) is 11.2 Å². The van der Waals surface area contributed by atoms with Gasteiger partial charge in [0.05, 0.1) is 5.25 Å². The summed E-state index contributed by atoms with van der Waals surface area (Å²) in [6.07, 6.45) is 3.79. The van der Waals surface area contributed by atoms with Crippen LogP contribution in [0.15, 0.2) is 0 Å². The molecule has 2 bridgehead atoms. The summed E-state index contributed by atoms with van der Waals surface area (Å²) in [7, 11) is 0. The van der Waals surface area contributed by atoms with Gasteiger partial charge < -0.3 is 4.90 Å². The van der Waals surface area contributed by atoms with Gasteiger partial charge in [-0.3, -0.25) is 4.79 Å². The number of rotatable bonds is 1. The smallest absolute Gasteiger partial charge is 0.235 e. The largest absolute Gasteiger partial charge is 0.338 e. The lowest BCUT2D eigenvalue weighted by Gasteiger charge is -2.28. The molecule has 3 heteroatoms. The van der Waals surface area contributed by atoms with Crippen molar-refractivity contribution in [2.45, 2.75) is 37.5 Å². The summed E-state index contributed by atoms with van der Waals surface area (Å²) < 4.78 is 0. The van der Waals surface area contributed by atoms with Gasteiger partial charge >= 0.3 is 0 Å². The Labute approximate surface area is 78.7 Å². The molecule has 1 saturated carbocycles. The third kappa shape index (κ3) is 1.24. The number of carbonyl (C=O) groups excluding carboxylic acids is 1. The first-order chi connectivity index (χ1) is 5.68. The van der Waals surface area contributed by atoms with E-state index >= 15 is 0 Å². The van der Waals surface area contributed by atoms with Crippen LogP contribution in [0.1, 0.15) is 26.2 Å². The average Bonchev–Trinajstić information content (AvgIpc) is 2.62. The lowest BCUT2D eigenvalue weighted by molar-refractivity contribution is -0.131. The minimum atomic E-state index is -0.121. The zero-order chi connectivity index (χ0) is 8.72.